The van der Waals surface area contributed by atoms with Crippen LogP contribution in [0.25, 0.3) is 0 Å². The number of hydrogen-bond donors (Lipinski definition) is 0. The molecule has 1 aliphatic rings. The molecule has 0 radical (unpaired) electrons. The maximum atomic E-state index is 4.60. The van der Waals surface area contributed by atoms with E-state index in [1.807, 2.05) is 18.5 Å². The Kier molecular flexibility index (Phi) is 5.00. The zero-order chi connectivity index (χ0) is 15.4. The summed E-state index contributed by atoms with van der Waals surface area (Å²) in [6.45, 7) is 6.37. The molecule has 1 atom stereocenters. The van der Waals surface area contributed by atoms with Crippen LogP contribution in [0.2, 0.25) is 0 Å². The minimum absolute atomic E-state index is 0.704. The smallest absolute Gasteiger partial charge is 0.205 e. The fourth-order valence-electron chi connectivity index (χ4n) is 2.98. The van der Waals surface area contributed by atoms with E-state index in [0.717, 1.165) is 43.6 Å². The number of aryl methyl sites for hydroxylation is 1. The summed E-state index contributed by atoms with van der Waals surface area (Å²) in [4.78, 5) is 13.6. The van der Waals surface area contributed by atoms with Crippen LogP contribution in [0.15, 0.2) is 24.5 Å². The van der Waals surface area contributed by atoms with Gasteiger partial charge in [0.15, 0.2) is 0 Å². The van der Waals surface area contributed by atoms with E-state index in [-0.39, 0.29) is 0 Å². The fourth-order valence-corrected chi connectivity index (χ4v) is 3.77. The summed E-state index contributed by atoms with van der Waals surface area (Å²) in [6, 6.07) is 4.14. The number of aromatic nitrogens is 3. The van der Waals surface area contributed by atoms with Gasteiger partial charge in [-0.15, -0.1) is 0 Å². The minimum atomic E-state index is 0.704. The predicted octanol–water partition coefficient (Wildman–Crippen LogP) is 2.45. The molecule has 2 aromatic heterocycles. The van der Waals surface area contributed by atoms with Gasteiger partial charge >= 0.3 is 0 Å². The van der Waals surface area contributed by atoms with Crippen molar-refractivity contribution >= 4 is 16.7 Å². The van der Waals surface area contributed by atoms with Crippen molar-refractivity contribution in [2.45, 2.75) is 26.3 Å². The van der Waals surface area contributed by atoms with Crippen LogP contribution in [0.1, 0.15) is 24.7 Å². The maximum absolute atomic E-state index is 4.60. The fraction of sp³-hybridized carbons (Fsp3) is 0.562. The zero-order valence-electron chi connectivity index (χ0n) is 13.3. The molecule has 0 bridgehead atoms. The Morgan fingerprint density at radius 3 is 3.09 bits per heavy atom. The quantitative estimate of drug-likeness (QED) is 0.819. The third kappa shape index (κ3) is 3.81. The van der Waals surface area contributed by atoms with Crippen LogP contribution < -0.4 is 4.90 Å². The van der Waals surface area contributed by atoms with E-state index in [1.54, 1.807) is 0 Å². The zero-order valence-corrected chi connectivity index (χ0v) is 14.1. The van der Waals surface area contributed by atoms with Crippen LogP contribution >= 0.6 is 11.5 Å². The van der Waals surface area contributed by atoms with Gasteiger partial charge in [-0.3, -0.25) is 4.98 Å². The second-order valence-electron chi connectivity index (χ2n) is 6.01. The summed E-state index contributed by atoms with van der Waals surface area (Å²) in [5.41, 5.74) is 1.27. The third-order valence-corrected chi connectivity index (χ3v) is 4.89. The van der Waals surface area contributed by atoms with E-state index >= 15 is 0 Å². The lowest BCUT2D eigenvalue weighted by Gasteiger charge is -2.21. The van der Waals surface area contributed by atoms with E-state index in [1.165, 1.54) is 23.5 Å². The van der Waals surface area contributed by atoms with Crippen molar-refractivity contribution in [1.29, 1.82) is 0 Å². The molecular formula is C16H23N5S. The van der Waals surface area contributed by atoms with Crippen LogP contribution in [0.4, 0.5) is 5.13 Å². The topological polar surface area (TPSA) is 45.2 Å². The Hall–Kier alpha value is -1.53. The number of nitrogens with zero attached hydrogens (tertiary/aromatic N) is 5. The highest BCUT2D eigenvalue weighted by Gasteiger charge is 2.25. The van der Waals surface area contributed by atoms with Crippen LogP contribution in [-0.4, -0.2) is 45.9 Å². The first-order valence-corrected chi connectivity index (χ1v) is 8.67. The average Bonchev–Trinajstić information content (AvgIpc) is 3.16. The van der Waals surface area contributed by atoms with Gasteiger partial charge in [0, 0.05) is 56.5 Å². The van der Waals surface area contributed by atoms with Gasteiger partial charge in [0.05, 0.1) is 0 Å². The number of rotatable bonds is 6. The molecule has 0 aromatic carbocycles. The molecule has 3 heterocycles. The molecule has 0 saturated carbocycles. The van der Waals surface area contributed by atoms with Gasteiger partial charge in [0.2, 0.25) is 5.13 Å². The molecule has 0 spiro atoms. The number of anilines is 1. The average molecular weight is 317 g/mol. The summed E-state index contributed by atoms with van der Waals surface area (Å²) >= 11 is 1.54. The van der Waals surface area contributed by atoms with Crippen molar-refractivity contribution in [3.8, 4) is 0 Å². The van der Waals surface area contributed by atoms with Crippen LogP contribution in [0.3, 0.4) is 0 Å². The first-order valence-electron chi connectivity index (χ1n) is 7.89. The van der Waals surface area contributed by atoms with Crippen molar-refractivity contribution in [1.82, 2.24) is 19.2 Å². The Labute approximate surface area is 136 Å². The highest BCUT2D eigenvalue weighted by molar-refractivity contribution is 7.09. The minimum Gasteiger partial charge on any atom is -0.347 e. The lowest BCUT2D eigenvalue weighted by molar-refractivity contribution is 0.279. The first kappa shape index (κ1) is 15.4. The van der Waals surface area contributed by atoms with Gasteiger partial charge in [0.1, 0.15) is 5.82 Å². The van der Waals surface area contributed by atoms with E-state index in [0.29, 0.717) is 5.92 Å². The maximum Gasteiger partial charge on any atom is 0.205 e. The standard InChI is InChI=1S/C16H23N5S/c1-3-15-18-16(22-19-15)21-8-6-14(12-21)11-20(2)10-13-5-4-7-17-9-13/h4-5,7,9,14H,3,6,8,10-12H2,1-2H3. The molecule has 22 heavy (non-hydrogen) atoms. The first-order chi connectivity index (χ1) is 10.7. The molecule has 1 fully saturated rings. The Morgan fingerprint density at radius 1 is 1.45 bits per heavy atom. The molecule has 0 N–H and O–H groups in total. The molecule has 3 rings (SSSR count). The van der Waals surface area contributed by atoms with Gasteiger partial charge in [-0.05, 0) is 31.0 Å². The van der Waals surface area contributed by atoms with Crippen molar-refractivity contribution < 1.29 is 0 Å². The lowest BCUT2D eigenvalue weighted by Crippen LogP contribution is -2.28. The molecule has 2 aromatic rings. The second kappa shape index (κ2) is 7.15. The monoisotopic (exact) mass is 317 g/mol. The number of hydrogen-bond acceptors (Lipinski definition) is 6. The van der Waals surface area contributed by atoms with Crippen LogP contribution in [0.5, 0.6) is 0 Å². The largest absolute Gasteiger partial charge is 0.347 e. The summed E-state index contributed by atoms with van der Waals surface area (Å²) in [5, 5.41) is 1.09. The SMILES string of the molecule is CCc1nsc(N2CCC(CN(C)Cc3cccnc3)C2)n1. The van der Waals surface area contributed by atoms with Crippen molar-refractivity contribution in [3.05, 3.63) is 35.9 Å². The molecule has 6 heteroatoms. The Bertz CT molecular complexity index is 585. The normalized spacial score (nSPS) is 18.3. The molecule has 1 aliphatic heterocycles. The molecular weight excluding hydrogens is 294 g/mol. The van der Waals surface area contributed by atoms with Crippen molar-refractivity contribution in [2.24, 2.45) is 5.92 Å². The molecule has 1 unspecified atom stereocenters. The summed E-state index contributed by atoms with van der Waals surface area (Å²) in [7, 11) is 2.19. The van der Waals surface area contributed by atoms with Gasteiger partial charge in [0.25, 0.3) is 0 Å². The van der Waals surface area contributed by atoms with Crippen molar-refractivity contribution in [3.63, 3.8) is 0 Å². The lowest BCUT2D eigenvalue weighted by atomic mass is 10.1. The molecule has 0 amide bonds. The van der Waals surface area contributed by atoms with E-state index in [9.17, 15) is 0 Å². The van der Waals surface area contributed by atoms with E-state index in [4.69, 9.17) is 0 Å². The van der Waals surface area contributed by atoms with E-state index < -0.39 is 0 Å². The van der Waals surface area contributed by atoms with Gasteiger partial charge in [-0.25, -0.2) is 4.98 Å². The second-order valence-corrected chi connectivity index (χ2v) is 6.74. The summed E-state index contributed by atoms with van der Waals surface area (Å²) < 4.78 is 4.39. The summed E-state index contributed by atoms with van der Waals surface area (Å²) in [5.74, 6) is 1.67. The Balaban J connectivity index is 1.50. The molecule has 118 valence electrons. The van der Waals surface area contributed by atoms with Gasteiger partial charge < -0.3 is 9.80 Å². The Morgan fingerprint density at radius 2 is 2.36 bits per heavy atom. The molecule has 0 aliphatic carbocycles. The van der Waals surface area contributed by atoms with Gasteiger partial charge in [-0.1, -0.05) is 13.0 Å². The highest BCUT2D eigenvalue weighted by atomic mass is 32.1. The van der Waals surface area contributed by atoms with Crippen LogP contribution in [-0.2, 0) is 13.0 Å². The number of pyridine rings is 1. The van der Waals surface area contributed by atoms with Gasteiger partial charge in [-0.2, -0.15) is 4.37 Å². The summed E-state index contributed by atoms with van der Waals surface area (Å²) in [6.07, 6.45) is 5.93. The van der Waals surface area contributed by atoms with Crippen LogP contribution in [0, 0.1) is 5.92 Å². The van der Waals surface area contributed by atoms with Crippen molar-refractivity contribution in [2.75, 3.05) is 31.6 Å². The molecule has 5 nitrogen and oxygen atoms in total. The molecule has 1 saturated heterocycles. The highest BCUT2D eigenvalue weighted by Crippen LogP contribution is 2.26. The predicted molar refractivity (Wildman–Crippen MR) is 90.2 cm³/mol. The third-order valence-electron chi connectivity index (χ3n) is 4.08. The van der Waals surface area contributed by atoms with E-state index in [2.05, 4.69) is 44.2 Å².